The van der Waals surface area contributed by atoms with Crippen molar-refractivity contribution in [2.75, 3.05) is 19.7 Å². The molecule has 0 saturated carbocycles. The molecule has 37 heavy (non-hydrogen) atoms. The van der Waals surface area contributed by atoms with E-state index in [4.69, 9.17) is 21.1 Å². The predicted octanol–water partition coefficient (Wildman–Crippen LogP) is 6.41. The number of aromatic nitrogens is 3. The fourth-order valence-electron chi connectivity index (χ4n) is 3.61. The van der Waals surface area contributed by atoms with Crippen molar-refractivity contribution in [3.8, 4) is 11.3 Å². The Morgan fingerprint density at radius 1 is 1.11 bits per heavy atom. The fraction of sp³-hybridized carbons (Fsp3) is 0.407. The molecule has 10 heteroatoms. The van der Waals surface area contributed by atoms with Gasteiger partial charge in [-0.15, -0.1) is 0 Å². The number of benzene rings is 1. The van der Waals surface area contributed by atoms with Crippen LogP contribution in [-0.4, -0.2) is 57.0 Å². The Morgan fingerprint density at radius 2 is 1.84 bits per heavy atom. The molecule has 0 atom stereocenters. The number of nitrogens with zero attached hydrogens (tertiary/aromatic N) is 4. The first-order valence-corrected chi connectivity index (χ1v) is 13.3. The van der Waals surface area contributed by atoms with Crippen LogP contribution < -0.4 is 0 Å². The van der Waals surface area contributed by atoms with Crippen LogP contribution in [0.15, 0.2) is 53.1 Å². The Hall–Kier alpha value is -2.91. The number of carbonyl (C=O) groups is 2. The van der Waals surface area contributed by atoms with Gasteiger partial charge in [-0.1, -0.05) is 39.7 Å². The Morgan fingerprint density at radius 3 is 2.49 bits per heavy atom. The summed E-state index contributed by atoms with van der Waals surface area (Å²) in [6.07, 6.45) is 2.47. The van der Waals surface area contributed by atoms with Gasteiger partial charge < -0.3 is 14.4 Å². The van der Waals surface area contributed by atoms with E-state index in [1.54, 1.807) is 40.9 Å². The number of esters is 1. The second-order valence-corrected chi connectivity index (χ2v) is 10.7. The number of amides is 1. The molecule has 0 radical (unpaired) electrons. The van der Waals surface area contributed by atoms with E-state index in [0.29, 0.717) is 49.0 Å². The van der Waals surface area contributed by atoms with Crippen LogP contribution in [0.4, 0.5) is 4.79 Å². The summed E-state index contributed by atoms with van der Waals surface area (Å²) < 4.78 is 13.5. The van der Waals surface area contributed by atoms with Gasteiger partial charge in [0, 0.05) is 35.9 Å². The zero-order chi connectivity index (χ0) is 27.0. The fourth-order valence-corrected chi connectivity index (χ4v) is 4.04. The van der Waals surface area contributed by atoms with E-state index in [1.165, 1.54) is 0 Å². The number of hydrogen-bond acceptors (Lipinski definition) is 6. The summed E-state index contributed by atoms with van der Waals surface area (Å²) in [5, 5.41) is 4.95. The SMILES string of the molecule is CCOC(=O)c1cc(-c2ccnc(Cl)c2)nn1CCCN(CCc1ccc(Br)cc1)C(=O)OC(C)(C)C. The van der Waals surface area contributed by atoms with Gasteiger partial charge in [-0.2, -0.15) is 5.10 Å². The van der Waals surface area contributed by atoms with Gasteiger partial charge in [0.25, 0.3) is 0 Å². The molecule has 0 aliphatic heterocycles. The molecule has 1 amide bonds. The largest absolute Gasteiger partial charge is 0.461 e. The molecule has 0 bridgehead atoms. The highest BCUT2D eigenvalue weighted by atomic mass is 79.9. The molecule has 0 spiro atoms. The molecule has 8 nitrogen and oxygen atoms in total. The Kier molecular flexibility index (Phi) is 10.1. The van der Waals surface area contributed by atoms with Crippen LogP contribution in [0, 0.1) is 0 Å². The lowest BCUT2D eigenvalue weighted by atomic mass is 10.1. The molecule has 0 saturated heterocycles. The Balaban J connectivity index is 1.74. The number of hydrogen-bond donors (Lipinski definition) is 0. The van der Waals surface area contributed by atoms with Gasteiger partial charge in [0.2, 0.25) is 0 Å². The summed E-state index contributed by atoms with van der Waals surface area (Å²) in [7, 11) is 0. The topological polar surface area (TPSA) is 86.5 Å². The summed E-state index contributed by atoms with van der Waals surface area (Å²) in [5.41, 5.74) is 2.19. The number of ether oxygens (including phenoxy) is 2. The van der Waals surface area contributed by atoms with Gasteiger partial charge in [-0.3, -0.25) is 4.68 Å². The maximum atomic E-state index is 12.9. The summed E-state index contributed by atoms with van der Waals surface area (Å²) in [6, 6.07) is 13.2. The van der Waals surface area contributed by atoms with Gasteiger partial charge in [-0.05, 0) is 76.4 Å². The van der Waals surface area contributed by atoms with Gasteiger partial charge in [0.05, 0.1) is 12.3 Å². The normalized spacial score (nSPS) is 11.3. The number of rotatable bonds is 10. The second-order valence-electron chi connectivity index (χ2n) is 9.42. The van der Waals surface area contributed by atoms with Crippen LogP contribution >= 0.6 is 27.5 Å². The highest BCUT2D eigenvalue weighted by molar-refractivity contribution is 9.10. The van der Waals surface area contributed by atoms with Crippen molar-refractivity contribution in [3.05, 3.63) is 69.5 Å². The molecule has 0 aliphatic carbocycles. The molecule has 1 aromatic carbocycles. The van der Waals surface area contributed by atoms with Crippen LogP contribution in [0.1, 0.15) is 50.2 Å². The molecule has 3 rings (SSSR count). The molecule has 3 aromatic rings. The predicted molar refractivity (Wildman–Crippen MR) is 147 cm³/mol. The van der Waals surface area contributed by atoms with Gasteiger partial charge in [-0.25, -0.2) is 14.6 Å². The molecule has 2 heterocycles. The summed E-state index contributed by atoms with van der Waals surface area (Å²) in [4.78, 5) is 31.3. The third-order valence-corrected chi connectivity index (χ3v) is 6.06. The first-order chi connectivity index (χ1) is 17.6. The lowest BCUT2D eigenvalue weighted by Gasteiger charge is -2.27. The summed E-state index contributed by atoms with van der Waals surface area (Å²) >= 11 is 9.49. The van der Waals surface area contributed by atoms with E-state index < -0.39 is 11.6 Å². The van der Waals surface area contributed by atoms with Gasteiger partial charge >= 0.3 is 12.1 Å². The van der Waals surface area contributed by atoms with E-state index in [1.807, 2.05) is 45.0 Å². The van der Waals surface area contributed by atoms with Crippen molar-refractivity contribution in [2.45, 2.75) is 52.7 Å². The average Bonchev–Trinajstić information content (AvgIpc) is 3.26. The first-order valence-electron chi connectivity index (χ1n) is 12.1. The van der Waals surface area contributed by atoms with E-state index in [-0.39, 0.29) is 12.7 Å². The Labute approximate surface area is 231 Å². The minimum Gasteiger partial charge on any atom is -0.461 e. The van der Waals surface area contributed by atoms with Crippen LogP contribution in [0.25, 0.3) is 11.3 Å². The van der Waals surface area contributed by atoms with E-state index in [0.717, 1.165) is 15.6 Å². The molecule has 0 aliphatic rings. The van der Waals surface area contributed by atoms with Crippen molar-refractivity contribution < 1.29 is 19.1 Å². The highest BCUT2D eigenvalue weighted by Gasteiger charge is 2.23. The third kappa shape index (κ3) is 8.86. The van der Waals surface area contributed by atoms with Crippen molar-refractivity contribution in [3.63, 3.8) is 0 Å². The minimum absolute atomic E-state index is 0.253. The minimum atomic E-state index is -0.604. The first kappa shape index (κ1) is 28.7. The molecule has 0 unspecified atom stereocenters. The van der Waals surface area contributed by atoms with E-state index in [2.05, 4.69) is 26.0 Å². The van der Waals surface area contributed by atoms with Crippen LogP contribution in [0.5, 0.6) is 0 Å². The molecule has 0 fully saturated rings. The van der Waals surface area contributed by atoms with E-state index in [9.17, 15) is 9.59 Å². The number of aryl methyl sites for hydroxylation is 1. The zero-order valence-corrected chi connectivity index (χ0v) is 23.9. The van der Waals surface area contributed by atoms with Crippen molar-refractivity contribution in [1.29, 1.82) is 0 Å². The number of carbonyl (C=O) groups excluding carboxylic acids is 2. The van der Waals surface area contributed by atoms with Gasteiger partial charge in [0.15, 0.2) is 0 Å². The maximum Gasteiger partial charge on any atom is 0.410 e. The monoisotopic (exact) mass is 590 g/mol. The molecular formula is C27H32BrClN4O4. The van der Waals surface area contributed by atoms with Crippen LogP contribution in [-0.2, 0) is 22.4 Å². The lowest BCUT2D eigenvalue weighted by molar-refractivity contribution is 0.0246. The van der Waals surface area contributed by atoms with Crippen LogP contribution in [0.3, 0.4) is 0 Å². The molecule has 2 aromatic heterocycles. The van der Waals surface area contributed by atoms with Crippen LogP contribution in [0.2, 0.25) is 5.15 Å². The van der Waals surface area contributed by atoms with Crippen molar-refractivity contribution >= 4 is 39.6 Å². The quantitative estimate of drug-likeness (QED) is 0.200. The summed E-state index contributed by atoms with van der Waals surface area (Å²) in [5.74, 6) is -0.458. The highest BCUT2D eigenvalue weighted by Crippen LogP contribution is 2.22. The molecule has 198 valence electrons. The standard InChI is InChI=1S/C27H32BrClN4O4/c1-5-36-25(34)23-18-22(20-11-13-30-24(29)17-20)31-33(23)15-6-14-32(26(35)37-27(2,3)4)16-12-19-7-9-21(28)10-8-19/h7-11,13,17-18H,5-6,12,14-16H2,1-4H3. The number of halogens is 2. The summed E-state index contributed by atoms with van der Waals surface area (Å²) in [6.45, 7) is 8.89. The average molecular weight is 592 g/mol. The smallest absolute Gasteiger partial charge is 0.410 e. The third-order valence-electron chi connectivity index (χ3n) is 5.32. The van der Waals surface area contributed by atoms with Crippen molar-refractivity contribution in [2.24, 2.45) is 0 Å². The van der Waals surface area contributed by atoms with Crippen molar-refractivity contribution in [1.82, 2.24) is 19.7 Å². The molecular weight excluding hydrogens is 560 g/mol. The lowest BCUT2D eigenvalue weighted by Crippen LogP contribution is -2.39. The molecule has 0 N–H and O–H groups in total. The maximum absolute atomic E-state index is 12.9. The zero-order valence-electron chi connectivity index (χ0n) is 21.5. The Bertz CT molecular complexity index is 1210. The second kappa shape index (κ2) is 13.1. The number of pyridine rings is 1. The van der Waals surface area contributed by atoms with E-state index >= 15 is 0 Å². The van der Waals surface area contributed by atoms with Gasteiger partial charge in [0.1, 0.15) is 16.4 Å².